The third kappa shape index (κ3) is 3.83. The standard InChI is InChI=1S/C13H17NO3/c1-3-4-5-8-14-13(16)11-9-10(17-2)6-7-12(11)15/h3-4,6-7,9,15H,5,8H2,1-2H3,(H,14,16)/b4-3+. The van der Waals surface area contributed by atoms with Crippen molar-refractivity contribution in [1.29, 1.82) is 0 Å². The fourth-order valence-electron chi connectivity index (χ4n) is 1.35. The number of carbonyl (C=O) groups is 1. The number of allylic oxidation sites excluding steroid dienone is 1. The van der Waals surface area contributed by atoms with Gasteiger partial charge in [0.2, 0.25) is 0 Å². The van der Waals surface area contributed by atoms with Gasteiger partial charge in [0, 0.05) is 6.54 Å². The summed E-state index contributed by atoms with van der Waals surface area (Å²) in [5.74, 6) is 0.196. The summed E-state index contributed by atoms with van der Waals surface area (Å²) in [6.45, 7) is 2.47. The highest BCUT2D eigenvalue weighted by Gasteiger charge is 2.11. The highest BCUT2D eigenvalue weighted by atomic mass is 16.5. The Balaban J connectivity index is 2.67. The third-order valence-corrected chi connectivity index (χ3v) is 2.28. The molecule has 0 aromatic heterocycles. The van der Waals surface area contributed by atoms with Crippen molar-refractivity contribution < 1.29 is 14.6 Å². The number of methoxy groups -OCH3 is 1. The lowest BCUT2D eigenvalue weighted by molar-refractivity contribution is 0.0951. The summed E-state index contributed by atoms with van der Waals surface area (Å²) in [5, 5.41) is 12.3. The van der Waals surface area contributed by atoms with Crippen LogP contribution in [-0.2, 0) is 0 Å². The maximum absolute atomic E-state index is 11.7. The quantitative estimate of drug-likeness (QED) is 0.607. The Morgan fingerprint density at radius 3 is 2.94 bits per heavy atom. The van der Waals surface area contributed by atoms with E-state index in [1.54, 1.807) is 6.07 Å². The monoisotopic (exact) mass is 235 g/mol. The number of ether oxygens (including phenoxy) is 1. The Hall–Kier alpha value is -1.97. The average Bonchev–Trinajstić information content (AvgIpc) is 2.35. The molecule has 17 heavy (non-hydrogen) atoms. The molecular weight excluding hydrogens is 218 g/mol. The van der Waals surface area contributed by atoms with Gasteiger partial charge in [-0.25, -0.2) is 0 Å². The predicted molar refractivity (Wildman–Crippen MR) is 66.4 cm³/mol. The predicted octanol–water partition coefficient (Wildman–Crippen LogP) is 2.10. The number of rotatable bonds is 5. The van der Waals surface area contributed by atoms with Crippen LogP contribution in [0, 0.1) is 0 Å². The molecule has 0 fully saturated rings. The molecule has 0 unspecified atom stereocenters. The van der Waals surface area contributed by atoms with Gasteiger partial charge in [-0.2, -0.15) is 0 Å². The summed E-state index contributed by atoms with van der Waals surface area (Å²) in [5.41, 5.74) is 0.227. The van der Waals surface area contributed by atoms with E-state index in [1.807, 2.05) is 19.1 Å². The Morgan fingerprint density at radius 1 is 1.53 bits per heavy atom. The van der Waals surface area contributed by atoms with E-state index in [2.05, 4.69) is 5.32 Å². The van der Waals surface area contributed by atoms with E-state index in [1.165, 1.54) is 19.2 Å². The maximum Gasteiger partial charge on any atom is 0.255 e. The first-order valence-electron chi connectivity index (χ1n) is 5.45. The minimum atomic E-state index is -0.300. The van der Waals surface area contributed by atoms with Gasteiger partial charge in [0.25, 0.3) is 5.91 Å². The van der Waals surface area contributed by atoms with Gasteiger partial charge in [-0.1, -0.05) is 12.2 Å². The normalized spacial score (nSPS) is 10.5. The Bertz CT molecular complexity index is 413. The number of benzene rings is 1. The number of amides is 1. The molecular formula is C13H17NO3. The molecule has 0 aliphatic heterocycles. The first-order chi connectivity index (χ1) is 8.19. The summed E-state index contributed by atoms with van der Waals surface area (Å²) in [7, 11) is 1.51. The number of aromatic hydroxyl groups is 1. The summed E-state index contributed by atoms with van der Waals surface area (Å²) in [4.78, 5) is 11.7. The van der Waals surface area contributed by atoms with Crippen molar-refractivity contribution in [3.8, 4) is 11.5 Å². The van der Waals surface area contributed by atoms with Crippen LogP contribution in [-0.4, -0.2) is 24.7 Å². The van der Waals surface area contributed by atoms with E-state index in [4.69, 9.17) is 4.74 Å². The van der Waals surface area contributed by atoms with E-state index >= 15 is 0 Å². The Kier molecular flexibility index (Phi) is 5.07. The summed E-state index contributed by atoms with van der Waals surface area (Å²) >= 11 is 0. The minimum absolute atomic E-state index is 0.0469. The molecule has 0 aliphatic rings. The molecule has 1 amide bonds. The smallest absolute Gasteiger partial charge is 0.255 e. The third-order valence-electron chi connectivity index (χ3n) is 2.28. The van der Waals surface area contributed by atoms with Crippen molar-refractivity contribution in [1.82, 2.24) is 5.32 Å². The first kappa shape index (κ1) is 13.1. The molecule has 0 saturated heterocycles. The molecule has 92 valence electrons. The molecule has 0 heterocycles. The van der Waals surface area contributed by atoms with E-state index in [-0.39, 0.29) is 17.2 Å². The van der Waals surface area contributed by atoms with Crippen LogP contribution >= 0.6 is 0 Å². The Labute approximate surface area is 101 Å². The van der Waals surface area contributed by atoms with Crippen LogP contribution in [0.2, 0.25) is 0 Å². The second-order valence-corrected chi connectivity index (χ2v) is 3.50. The average molecular weight is 235 g/mol. The van der Waals surface area contributed by atoms with E-state index in [0.29, 0.717) is 12.3 Å². The van der Waals surface area contributed by atoms with E-state index in [9.17, 15) is 9.90 Å². The van der Waals surface area contributed by atoms with Crippen molar-refractivity contribution in [3.05, 3.63) is 35.9 Å². The zero-order valence-electron chi connectivity index (χ0n) is 10.1. The summed E-state index contributed by atoms with van der Waals surface area (Å²) in [6, 6.07) is 4.56. The van der Waals surface area contributed by atoms with Crippen molar-refractivity contribution >= 4 is 5.91 Å². The highest BCUT2D eigenvalue weighted by molar-refractivity contribution is 5.97. The van der Waals surface area contributed by atoms with Crippen molar-refractivity contribution in [3.63, 3.8) is 0 Å². The van der Waals surface area contributed by atoms with Crippen molar-refractivity contribution in [2.75, 3.05) is 13.7 Å². The first-order valence-corrected chi connectivity index (χ1v) is 5.45. The molecule has 0 bridgehead atoms. The molecule has 0 atom stereocenters. The zero-order valence-corrected chi connectivity index (χ0v) is 10.1. The number of phenols is 1. The Morgan fingerprint density at radius 2 is 2.29 bits per heavy atom. The van der Waals surface area contributed by atoms with Gasteiger partial charge in [-0.3, -0.25) is 4.79 Å². The van der Waals surface area contributed by atoms with Gasteiger partial charge in [0.05, 0.1) is 12.7 Å². The van der Waals surface area contributed by atoms with Crippen LogP contribution in [0.5, 0.6) is 11.5 Å². The summed E-state index contributed by atoms with van der Waals surface area (Å²) < 4.78 is 5.00. The molecule has 0 spiro atoms. The number of hydrogen-bond acceptors (Lipinski definition) is 3. The van der Waals surface area contributed by atoms with Crippen LogP contribution < -0.4 is 10.1 Å². The van der Waals surface area contributed by atoms with Crippen LogP contribution in [0.3, 0.4) is 0 Å². The van der Waals surface area contributed by atoms with Crippen molar-refractivity contribution in [2.45, 2.75) is 13.3 Å². The van der Waals surface area contributed by atoms with Gasteiger partial charge in [-0.15, -0.1) is 0 Å². The van der Waals surface area contributed by atoms with E-state index in [0.717, 1.165) is 6.42 Å². The highest BCUT2D eigenvalue weighted by Crippen LogP contribution is 2.22. The van der Waals surface area contributed by atoms with Crippen molar-refractivity contribution in [2.24, 2.45) is 0 Å². The van der Waals surface area contributed by atoms with Crippen LogP contribution in [0.25, 0.3) is 0 Å². The SMILES string of the molecule is C/C=C/CCNC(=O)c1cc(OC)ccc1O. The van der Waals surface area contributed by atoms with Gasteiger partial charge >= 0.3 is 0 Å². The lowest BCUT2D eigenvalue weighted by Gasteiger charge is -2.07. The number of phenolic OH excluding ortho intramolecular Hbond substituents is 1. The van der Waals surface area contributed by atoms with Gasteiger partial charge < -0.3 is 15.2 Å². The molecule has 1 rings (SSSR count). The molecule has 1 aromatic carbocycles. The number of nitrogens with one attached hydrogen (secondary N) is 1. The lowest BCUT2D eigenvalue weighted by atomic mass is 10.1. The molecule has 2 N–H and O–H groups in total. The number of hydrogen-bond donors (Lipinski definition) is 2. The maximum atomic E-state index is 11.7. The molecule has 0 radical (unpaired) electrons. The van der Waals surface area contributed by atoms with Crippen LogP contribution in [0.15, 0.2) is 30.4 Å². The molecule has 4 heteroatoms. The molecule has 1 aromatic rings. The topological polar surface area (TPSA) is 58.6 Å². The van der Waals surface area contributed by atoms with Gasteiger partial charge in [0.15, 0.2) is 0 Å². The largest absolute Gasteiger partial charge is 0.507 e. The van der Waals surface area contributed by atoms with Crippen LogP contribution in [0.4, 0.5) is 0 Å². The van der Waals surface area contributed by atoms with E-state index < -0.39 is 0 Å². The second kappa shape index (κ2) is 6.58. The fraction of sp³-hybridized carbons (Fsp3) is 0.308. The second-order valence-electron chi connectivity index (χ2n) is 3.50. The minimum Gasteiger partial charge on any atom is -0.507 e. The van der Waals surface area contributed by atoms with Crippen LogP contribution in [0.1, 0.15) is 23.7 Å². The van der Waals surface area contributed by atoms with Gasteiger partial charge in [0.1, 0.15) is 11.5 Å². The number of carbonyl (C=O) groups excluding carboxylic acids is 1. The van der Waals surface area contributed by atoms with Gasteiger partial charge in [-0.05, 0) is 31.5 Å². The summed E-state index contributed by atoms with van der Waals surface area (Å²) in [6.07, 6.45) is 4.66. The molecule has 0 saturated carbocycles. The zero-order chi connectivity index (χ0) is 12.7. The lowest BCUT2D eigenvalue weighted by Crippen LogP contribution is -2.24. The fourth-order valence-corrected chi connectivity index (χ4v) is 1.35. The molecule has 4 nitrogen and oxygen atoms in total. The molecule has 0 aliphatic carbocycles.